The molecular weight excluding hydrogens is 221 g/mol. The highest BCUT2D eigenvalue weighted by Gasteiger charge is 2.16. The van der Waals surface area contributed by atoms with Gasteiger partial charge >= 0.3 is 0 Å². The van der Waals surface area contributed by atoms with E-state index < -0.39 is 0 Å². The van der Waals surface area contributed by atoms with Gasteiger partial charge in [0, 0.05) is 19.6 Å². The summed E-state index contributed by atoms with van der Waals surface area (Å²) in [5, 5.41) is 2.08. The smallest absolute Gasteiger partial charge is 0.123 e. The summed E-state index contributed by atoms with van der Waals surface area (Å²) in [5.74, 6) is -0.232. The predicted molar refractivity (Wildman–Crippen MR) is 63.7 cm³/mol. The Morgan fingerprint density at radius 3 is 2.82 bits per heavy atom. The van der Waals surface area contributed by atoms with Crippen LogP contribution in [-0.2, 0) is 4.74 Å². The van der Waals surface area contributed by atoms with Crippen LogP contribution in [-0.4, -0.2) is 37.9 Å². The number of benzene rings is 1. The Morgan fingerprint density at radius 1 is 1.41 bits per heavy atom. The second-order valence-electron chi connectivity index (χ2n) is 4.07. The molecule has 1 atom stereocenters. The minimum Gasteiger partial charge on any atom is -0.379 e. The fourth-order valence-electron chi connectivity index (χ4n) is 1.90. The Morgan fingerprint density at radius 2 is 2.18 bits per heavy atom. The van der Waals surface area contributed by atoms with Crippen molar-refractivity contribution in [2.24, 2.45) is 5.73 Å². The summed E-state index contributed by atoms with van der Waals surface area (Å²) in [6, 6.07) is 6.49. The maximum atomic E-state index is 13.1. The van der Waals surface area contributed by atoms with Gasteiger partial charge in [-0.2, -0.15) is 0 Å². The van der Waals surface area contributed by atoms with E-state index in [1.165, 1.54) is 12.1 Å². The molecule has 2 rings (SSSR count). The lowest BCUT2D eigenvalue weighted by atomic mass is 10.1. The van der Waals surface area contributed by atoms with E-state index in [0.717, 1.165) is 18.7 Å². The van der Waals surface area contributed by atoms with Crippen molar-refractivity contribution in [1.82, 2.24) is 10.4 Å². The van der Waals surface area contributed by atoms with Crippen LogP contribution in [0.15, 0.2) is 24.3 Å². The number of hydrogen-bond acceptors (Lipinski definition) is 4. The Labute approximate surface area is 101 Å². The molecule has 0 saturated carbocycles. The minimum absolute atomic E-state index is 0.0520. The highest BCUT2D eigenvalue weighted by molar-refractivity contribution is 5.20. The van der Waals surface area contributed by atoms with E-state index in [1.54, 1.807) is 6.07 Å². The van der Waals surface area contributed by atoms with Gasteiger partial charge in [-0.25, -0.2) is 14.8 Å². The molecule has 4 nitrogen and oxygen atoms in total. The predicted octanol–water partition coefficient (Wildman–Crippen LogP) is 0.662. The minimum atomic E-state index is -0.232. The topological polar surface area (TPSA) is 50.5 Å². The first-order valence-electron chi connectivity index (χ1n) is 5.84. The molecule has 17 heavy (non-hydrogen) atoms. The van der Waals surface area contributed by atoms with E-state index in [1.807, 2.05) is 6.07 Å². The molecule has 1 saturated heterocycles. The number of hydrazine groups is 1. The van der Waals surface area contributed by atoms with Crippen molar-refractivity contribution in [2.45, 2.75) is 6.04 Å². The monoisotopic (exact) mass is 239 g/mol. The first-order valence-corrected chi connectivity index (χ1v) is 5.84. The van der Waals surface area contributed by atoms with Gasteiger partial charge < -0.3 is 10.5 Å². The van der Waals surface area contributed by atoms with Crippen molar-refractivity contribution in [2.75, 3.05) is 32.8 Å². The Balaban J connectivity index is 2.00. The van der Waals surface area contributed by atoms with Gasteiger partial charge in [-0.15, -0.1) is 0 Å². The standard InChI is InChI=1S/C12H18FN3O/c13-11-3-1-2-10(8-11)12(9-14)15-16-4-6-17-7-5-16/h1-3,8,12,15H,4-7,9,14H2. The molecule has 0 amide bonds. The van der Waals surface area contributed by atoms with Crippen molar-refractivity contribution in [3.05, 3.63) is 35.6 Å². The number of nitrogens with two attached hydrogens (primary N) is 1. The molecule has 3 N–H and O–H groups in total. The SMILES string of the molecule is NCC(NN1CCOCC1)c1cccc(F)c1. The average molecular weight is 239 g/mol. The normalized spacial score (nSPS) is 19.2. The third-order valence-electron chi connectivity index (χ3n) is 2.84. The fourth-order valence-corrected chi connectivity index (χ4v) is 1.90. The van der Waals surface area contributed by atoms with Crippen LogP contribution in [0.3, 0.4) is 0 Å². The van der Waals surface area contributed by atoms with Gasteiger partial charge in [0.15, 0.2) is 0 Å². The van der Waals surface area contributed by atoms with E-state index in [2.05, 4.69) is 10.4 Å². The molecule has 1 fully saturated rings. The van der Waals surface area contributed by atoms with Gasteiger partial charge in [-0.1, -0.05) is 12.1 Å². The molecule has 0 spiro atoms. The van der Waals surface area contributed by atoms with Crippen LogP contribution < -0.4 is 11.2 Å². The lowest BCUT2D eigenvalue weighted by Gasteiger charge is -2.31. The Hall–Kier alpha value is -1.01. The molecule has 0 aliphatic carbocycles. The molecule has 1 aromatic carbocycles. The largest absolute Gasteiger partial charge is 0.379 e. The van der Waals surface area contributed by atoms with Gasteiger partial charge in [0.05, 0.1) is 19.3 Å². The molecular formula is C12H18FN3O. The summed E-state index contributed by atoms with van der Waals surface area (Å²) in [7, 11) is 0. The molecule has 1 aliphatic heterocycles. The van der Waals surface area contributed by atoms with Gasteiger partial charge in [-0.3, -0.25) is 0 Å². The first-order chi connectivity index (χ1) is 8.29. The number of nitrogens with one attached hydrogen (secondary N) is 1. The highest BCUT2D eigenvalue weighted by Crippen LogP contribution is 2.14. The lowest BCUT2D eigenvalue weighted by molar-refractivity contribution is 0.00403. The molecule has 5 heteroatoms. The van der Waals surface area contributed by atoms with Gasteiger partial charge in [0.2, 0.25) is 0 Å². The van der Waals surface area contributed by atoms with E-state index in [-0.39, 0.29) is 11.9 Å². The third kappa shape index (κ3) is 3.47. The van der Waals surface area contributed by atoms with Gasteiger partial charge in [0.25, 0.3) is 0 Å². The van der Waals surface area contributed by atoms with Crippen LogP contribution in [0.25, 0.3) is 0 Å². The number of morpholine rings is 1. The molecule has 1 aromatic rings. The fraction of sp³-hybridized carbons (Fsp3) is 0.500. The molecule has 0 bridgehead atoms. The molecule has 0 aromatic heterocycles. The maximum Gasteiger partial charge on any atom is 0.123 e. The number of hydrogen-bond donors (Lipinski definition) is 2. The van der Waals surface area contributed by atoms with Crippen LogP contribution >= 0.6 is 0 Å². The van der Waals surface area contributed by atoms with Crippen molar-refractivity contribution in [1.29, 1.82) is 0 Å². The second kappa shape index (κ2) is 6.07. The summed E-state index contributed by atoms with van der Waals surface area (Å²) >= 11 is 0. The second-order valence-corrected chi connectivity index (χ2v) is 4.07. The molecule has 1 unspecified atom stereocenters. The quantitative estimate of drug-likeness (QED) is 0.810. The van der Waals surface area contributed by atoms with E-state index in [9.17, 15) is 4.39 Å². The Bertz CT molecular complexity index is 355. The van der Waals surface area contributed by atoms with Gasteiger partial charge in [-0.05, 0) is 17.7 Å². The maximum absolute atomic E-state index is 13.1. The first kappa shape index (κ1) is 12.4. The number of ether oxygens (including phenoxy) is 1. The highest BCUT2D eigenvalue weighted by atomic mass is 19.1. The summed E-state index contributed by atoms with van der Waals surface area (Å²) in [5.41, 5.74) is 9.91. The summed E-state index contributed by atoms with van der Waals surface area (Å²) in [6.07, 6.45) is 0. The van der Waals surface area contributed by atoms with Crippen LogP contribution in [0.2, 0.25) is 0 Å². The summed E-state index contributed by atoms with van der Waals surface area (Å²) in [6.45, 7) is 3.51. The number of halogens is 1. The molecule has 1 aliphatic rings. The van der Waals surface area contributed by atoms with Crippen LogP contribution in [0.5, 0.6) is 0 Å². The average Bonchev–Trinajstić information content (AvgIpc) is 2.37. The molecule has 1 heterocycles. The van der Waals surface area contributed by atoms with Crippen molar-refractivity contribution in [3.8, 4) is 0 Å². The van der Waals surface area contributed by atoms with E-state index >= 15 is 0 Å². The number of nitrogens with zero attached hydrogens (tertiary/aromatic N) is 1. The van der Waals surface area contributed by atoms with Crippen LogP contribution in [0.4, 0.5) is 4.39 Å². The zero-order chi connectivity index (χ0) is 12.1. The summed E-state index contributed by atoms with van der Waals surface area (Å²) in [4.78, 5) is 0. The van der Waals surface area contributed by atoms with Crippen molar-refractivity contribution < 1.29 is 9.13 Å². The number of rotatable bonds is 4. The Kier molecular flexibility index (Phi) is 4.44. The van der Waals surface area contributed by atoms with Crippen LogP contribution in [0.1, 0.15) is 11.6 Å². The van der Waals surface area contributed by atoms with E-state index in [4.69, 9.17) is 10.5 Å². The van der Waals surface area contributed by atoms with E-state index in [0.29, 0.717) is 19.8 Å². The lowest BCUT2D eigenvalue weighted by Crippen LogP contribution is -2.48. The molecule has 94 valence electrons. The van der Waals surface area contributed by atoms with Crippen LogP contribution in [0, 0.1) is 5.82 Å². The molecule has 0 radical (unpaired) electrons. The van der Waals surface area contributed by atoms with Crippen molar-refractivity contribution in [3.63, 3.8) is 0 Å². The third-order valence-corrected chi connectivity index (χ3v) is 2.84. The summed E-state index contributed by atoms with van der Waals surface area (Å²) < 4.78 is 18.4. The zero-order valence-electron chi connectivity index (χ0n) is 9.73. The van der Waals surface area contributed by atoms with Gasteiger partial charge in [0.1, 0.15) is 5.82 Å². The van der Waals surface area contributed by atoms with Crippen molar-refractivity contribution >= 4 is 0 Å². The zero-order valence-corrected chi connectivity index (χ0v) is 9.73.